The van der Waals surface area contributed by atoms with Gasteiger partial charge in [-0.2, -0.15) is 0 Å². The van der Waals surface area contributed by atoms with Crippen molar-refractivity contribution in [3.63, 3.8) is 0 Å². The predicted octanol–water partition coefficient (Wildman–Crippen LogP) is 4.34. The Morgan fingerprint density at radius 3 is 2.47 bits per heavy atom. The van der Waals surface area contributed by atoms with Crippen molar-refractivity contribution in [3.05, 3.63) is 27.8 Å². The number of aromatic nitrogens is 1. The zero-order valence-electron chi connectivity index (χ0n) is 10.0. The smallest absolute Gasteiger partial charge is 0.0907 e. The lowest BCUT2D eigenvalue weighted by Crippen LogP contribution is -1.96. The third-order valence-electron chi connectivity index (χ3n) is 2.94. The minimum atomic E-state index is 0.550. The SMILES string of the molecule is Cc1nc2c(C(C)C)c(C)c(C)cc2s1. The molecule has 0 aliphatic carbocycles. The Morgan fingerprint density at radius 1 is 1.20 bits per heavy atom. The van der Waals surface area contributed by atoms with E-state index in [1.807, 2.05) is 0 Å². The zero-order valence-corrected chi connectivity index (χ0v) is 10.8. The number of rotatable bonds is 1. The fourth-order valence-corrected chi connectivity index (χ4v) is 3.08. The molecule has 1 nitrogen and oxygen atoms in total. The normalized spacial score (nSPS) is 11.6. The monoisotopic (exact) mass is 219 g/mol. The lowest BCUT2D eigenvalue weighted by Gasteiger charge is -2.12. The lowest BCUT2D eigenvalue weighted by molar-refractivity contribution is 0.861. The maximum absolute atomic E-state index is 4.65. The molecule has 0 unspecified atom stereocenters. The van der Waals surface area contributed by atoms with Crippen LogP contribution in [0.1, 0.15) is 41.5 Å². The Morgan fingerprint density at radius 2 is 1.87 bits per heavy atom. The van der Waals surface area contributed by atoms with E-state index in [1.165, 1.54) is 26.9 Å². The van der Waals surface area contributed by atoms with Crippen molar-refractivity contribution in [2.24, 2.45) is 0 Å². The molecule has 0 bridgehead atoms. The number of hydrogen-bond acceptors (Lipinski definition) is 2. The Labute approximate surface area is 95.2 Å². The molecular formula is C13H17NS. The molecule has 0 aliphatic heterocycles. The first-order valence-electron chi connectivity index (χ1n) is 5.38. The van der Waals surface area contributed by atoms with E-state index in [4.69, 9.17) is 0 Å². The number of fused-ring (bicyclic) bond motifs is 1. The summed E-state index contributed by atoms with van der Waals surface area (Å²) in [5.74, 6) is 0.550. The van der Waals surface area contributed by atoms with E-state index >= 15 is 0 Å². The van der Waals surface area contributed by atoms with E-state index in [9.17, 15) is 0 Å². The molecule has 1 heterocycles. The average Bonchev–Trinajstić information content (AvgIpc) is 2.46. The van der Waals surface area contributed by atoms with Gasteiger partial charge >= 0.3 is 0 Å². The molecule has 0 fully saturated rings. The van der Waals surface area contributed by atoms with Gasteiger partial charge in [-0.15, -0.1) is 11.3 Å². The van der Waals surface area contributed by atoms with Gasteiger partial charge in [0.05, 0.1) is 15.2 Å². The summed E-state index contributed by atoms with van der Waals surface area (Å²) in [5.41, 5.74) is 5.43. The van der Waals surface area contributed by atoms with Crippen LogP contribution >= 0.6 is 11.3 Å². The topological polar surface area (TPSA) is 12.9 Å². The van der Waals surface area contributed by atoms with Gasteiger partial charge in [-0.1, -0.05) is 13.8 Å². The van der Waals surface area contributed by atoms with Gasteiger partial charge in [0, 0.05) is 0 Å². The highest BCUT2D eigenvalue weighted by molar-refractivity contribution is 7.18. The quantitative estimate of drug-likeness (QED) is 0.695. The summed E-state index contributed by atoms with van der Waals surface area (Å²) in [6, 6.07) is 2.27. The van der Waals surface area contributed by atoms with E-state index < -0.39 is 0 Å². The number of thiazole rings is 1. The molecule has 0 spiro atoms. The van der Waals surface area contributed by atoms with Crippen molar-refractivity contribution in [2.45, 2.75) is 40.5 Å². The van der Waals surface area contributed by atoms with Gasteiger partial charge in [-0.05, 0) is 49.4 Å². The molecule has 2 heteroatoms. The van der Waals surface area contributed by atoms with E-state index in [0.29, 0.717) is 5.92 Å². The maximum atomic E-state index is 4.65. The third kappa shape index (κ3) is 1.67. The van der Waals surface area contributed by atoms with Crippen LogP contribution < -0.4 is 0 Å². The molecule has 2 aromatic rings. The highest BCUT2D eigenvalue weighted by atomic mass is 32.1. The van der Waals surface area contributed by atoms with Crippen molar-refractivity contribution in [1.29, 1.82) is 0 Å². The molecule has 0 saturated carbocycles. The predicted molar refractivity (Wildman–Crippen MR) is 67.9 cm³/mol. The van der Waals surface area contributed by atoms with Gasteiger partial charge in [-0.25, -0.2) is 4.98 Å². The van der Waals surface area contributed by atoms with E-state index in [1.54, 1.807) is 11.3 Å². The fourth-order valence-electron chi connectivity index (χ4n) is 2.13. The van der Waals surface area contributed by atoms with Crippen LogP contribution in [0.3, 0.4) is 0 Å². The van der Waals surface area contributed by atoms with Crippen LogP contribution in [0, 0.1) is 20.8 Å². The summed E-state index contributed by atoms with van der Waals surface area (Å²) in [6.07, 6.45) is 0. The van der Waals surface area contributed by atoms with Crippen LogP contribution in [-0.4, -0.2) is 4.98 Å². The Balaban J connectivity index is 2.88. The number of hydrogen-bond donors (Lipinski definition) is 0. The molecule has 0 amide bonds. The standard InChI is InChI=1S/C13H17NS/c1-7(2)12-9(4)8(3)6-11-13(12)14-10(5)15-11/h6-7H,1-5H3. The molecule has 80 valence electrons. The molecule has 0 radical (unpaired) electrons. The van der Waals surface area contributed by atoms with Crippen LogP contribution in [0.4, 0.5) is 0 Å². The summed E-state index contributed by atoms with van der Waals surface area (Å²) < 4.78 is 1.33. The molecule has 0 atom stereocenters. The summed E-state index contributed by atoms with van der Waals surface area (Å²) in [6.45, 7) is 11.0. The van der Waals surface area contributed by atoms with Gasteiger partial charge in [0.2, 0.25) is 0 Å². The highest BCUT2D eigenvalue weighted by Crippen LogP contribution is 2.33. The van der Waals surface area contributed by atoms with E-state index in [2.05, 4.69) is 45.7 Å². The van der Waals surface area contributed by atoms with Gasteiger partial charge < -0.3 is 0 Å². The average molecular weight is 219 g/mol. The van der Waals surface area contributed by atoms with Crippen molar-refractivity contribution in [2.75, 3.05) is 0 Å². The molecule has 1 aromatic heterocycles. The van der Waals surface area contributed by atoms with Gasteiger partial charge in [-0.3, -0.25) is 0 Å². The van der Waals surface area contributed by atoms with Gasteiger partial charge in [0.15, 0.2) is 0 Å². The molecule has 15 heavy (non-hydrogen) atoms. The molecule has 0 aliphatic rings. The number of benzene rings is 1. The van der Waals surface area contributed by atoms with Crippen LogP contribution in [0.2, 0.25) is 0 Å². The summed E-state index contributed by atoms with van der Waals surface area (Å²) in [4.78, 5) is 4.65. The summed E-state index contributed by atoms with van der Waals surface area (Å²) >= 11 is 1.80. The Kier molecular flexibility index (Phi) is 2.55. The van der Waals surface area contributed by atoms with Crippen molar-refractivity contribution < 1.29 is 0 Å². The second kappa shape index (κ2) is 3.60. The van der Waals surface area contributed by atoms with Crippen LogP contribution in [0.15, 0.2) is 6.07 Å². The third-order valence-corrected chi connectivity index (χ3v) is 3.85. The molecule has 0 saturated heterocycles. The maximum Gasteiger partial charge on any atom is 0.0907 e. The largest absolute Gasteiger partial charge is 0.241 e. The molecule has 2 rings (SSSR count). The molecule has 1 aromatic carbocycles. The van der Waals surface area contributed by atoms with Crippen LogP contribution in [0.5, 0.6) is 0 Å². The second-order valence-electron chi connectivity index (χ2n) is 4.47. The summed E-state index contributed by atoms with van der Waals surface area (Å²) in [5, 5.41) is 1.16. The van der Waals surface area contributed by atoms with Gasteiger partial charge in [0.25, 0.3) is 0 Å². The van der Waals surface area contributed by atoms with Crippen LogP contribution in [-0.2, 0) is 0 Å². The Hall–Kier alpha value is -0.890. The fraction of sp³-hybridized carbons (Fsp3) is 0.462. The zero-order chi connectivity index (χ0) is 11.2. The van der Waals surface area contributed by atoms with E-state index in [0.717, 1.165) is 5.01 Å². The first kappa shape index (κ1) is 10.6. The highest BCUT2D eigenvalue weighted by Gasteiger charge is 2.14. The van der Waals surface area contributed by atoms with Gasteiger partial charge in [0.1, 0.15) is 0 Å². The van der Waals surface area contributed by atoms with Crippen LogP contribution in [0.25, 0.3) is 10.2 Å². The van der Waals surface area contributed by atoms with E-state index in [-0.39, 0.29) is 0 Å². The number of aryl methyl sites for hydroxylation is 2. The van der Waals surface area contributed by atoms with Crippen molar-refractivity contribution >= 4 is 21.6 Å². The first-order chi connectivity index (χ1) is 7.00. The summed E-state index contributed by atoms with van der Waals surface area (Å²) in [7, 11) is 0. The molecule has 0 N–H and O–H groups in total. The molecular weight excluding hydrogens is 202 g/mol. The first-order valence-corrected chi connectivity index (χ1v) is 6.19. The second-order valence-corrected chi connectivity index (χ2v) is 5.70. The van der Waals surface area contributed by atoms with Crippen molar-refractivity contribution in [1.82, 2.24) is 4.98 Å². The lowest BCUT2D eigenvalue weighted by atomic mass is 9.94. The Bertz CT molecular complexity index is 509. The minimum absolute atomic E-state index is 0.550. The minimum Gasteiger partial charge on any atom is -0.241 e. The van der Waals surface area contributed by atoms with Crippen molar-refractivity contribution in [3.8, 4) is 0 Å². The number of nitrogens with zero attached hydrogens (tertiary/aromatic N) is 1.